The second kappa shape index (κ2) is 8.80. The summed E-state index contributed by atoms with van der Waals surface area (Å²) in [6.07, 6.45) is 1.73. The van der Waals surface area contributed by atoms with Gasteiger partial charge < -0.3 is 20.5 Å². The lowest BCUT2D eigenvalue weighted by Crippen LogP contribution is -2.44. The Balaban J connectivity index is 1.27. The van der Waals surface area contributed by atoms with Crippen LogP contribution in [-0.2, 0) is 4.79 Å². The highest BCUT2D eigenvalue weighted by atomic mass is 32.2. The highest BCUT2D eigenvalue weighted by molar-refractivity contribution is 7.99. The van der Waals surface area contributed by atoms with Crippen molar-refractivity contribution in [1.82, 2.24) is 9.88 Å². The fraction of sp³-hybridized carbons (Fsp3) is 0.120. The first-order valence-corrected chi connectivity index (χ1v) is 11.5. The largest absolute Gasteiger partial charge is 0.360 e. The van der Waals surface area contributed by atoms with Crippen LogP contribution in [0.3, 0.4) is 0 Å². The third-order valence-corrected chi connectivity index (χ3v) is 6.49. The van der Waals surface area contributed by atoms with Gasteiger partial charge in [0.25, 0.3) is 5.91 Å². The monoisotopic (exact) mass is 442 g/mol. The Hall–Kier alpha value is -3.71. The topological polar surface area (TPSA) is 77.2 Å². The van der Waals surface area contributed by atoms with Crippen LogP contribution in [0.2, 0.25) is 0 Å². The van der Waals surface area contributed by atoms with Gasteiger partial charge in [0.15, 0.2) is 0 Å². The maximum absolute atomic E-state index is 13.2. The second-order valence-corrected chi connectivity index (χ2v) is 8.60. The summed E-state index contributed by atoms with van der Waals surface area (Å²) in [4.78, 5) is 31.0. The molecule has 7 heteroatoms. The van der Waals surface area contributed by atoms with Crippen LogP contribution in [0.15, 0.2) is 85.1 Å². The highest BCUT2D eigenvalue weighted by Crippen LogP contribution is 2.27. The molecule has 2 amide bonds. The number of benzene rings is 3. The minimum atomic E-state index is -0.511. The van der Waals surface area contributed by atoms with E-state index in [1.54, 1.807) is 22.9 Å². The number of carbonyl (C=O) groups excluding carboxylic acids is 2. The number of aromatic nitrogens is 1. The average Bonchev–Trinajstić information content (AvgIpc) is 3.48. The molecule has 0 radical (unpaired) electrons. The molecule has 160 valence electrons. The van der Waals surface area contributed by atoms with E-state index in [2.05, 4.69) is 15.6 Å². The van der Waals surface area contributed by atoms with Crippen LogP contribution in [-0.4, -0.2) is 39.4 Å². The van der Waals surface area contributed by atoms with Crippen LogP contribution >= 0.6 is 11.8 Å². The zero-order valence-corrected chi connectivity index (χ0v) is 18.1. The van der Waals surface area contributed by atoms with Crippen molar-refractivity contribution in [2.24, 2.45) is 0 Å². The predicted octanol–water partition coefficient (Wildman–Crippen LogP) is 5.07. The molecule has 0 bridgehead atoms. The van der Waals surface area contributed by atoms with Crippen molar-refractivity contribution in [3.05, 3.63) is 90.6 Å². The minimum absolute atomic E-state index is 0.130. The number of hydrogen-bond donors (Lipinski definition) is 3. The summed E-state index contributed by atoms with van der Waals surface area (Å²) >= 11 is 1.59. The van der Waals surface area contributed by atoms with Gasteiger partial charge in [-0.15, -0.1) is 11.8 Å². The van der Waals surface area contributed by atoms with Crippen molar-refractivity contribution >= 4 is 51.5 Å². The van der Waals surface area contributed by atoms with E-state index in [9.17, 15) is 9.59 Å². The van der Waals surface area contributed by atoms with E-state index in [1.807, 2.05) is 78.9 Å². The van der Waals surface area contributed by atoms with Gasteiger partial charge in [-0.3, -0.25) is 9.59 Å². The Kier molecular flexibility index (Phi) is 5.56. The molecule has 4 aromatic rings. The Morgan fingerprint density at radius 1 is 0.875 bits per heavy atom. The van der Waals surface area contributed by atoms with Crippen LogP contribution < -0.4 is 10.6 Å². The number of carbonyl (C=O) groups is 2. The first-order chi connectivity index (χ1) is 15.7. The number of anilines is 3. The Morgan fingerprint density at radius 2 is 1.56 bits per heavy atom. The lowest BCUT2D eigenvalue weighted by Gasteiger charge is -2.23. The highest BCUT2D eigenvalue weighted by Gasteiger charge is 2.35. The number of H-pyrrole nitrogens is 1. The Bertz CT molecular complexity index is 1250. The molecule has 1 aromatic heterocycles. The molecular formula is C25H22N4O2S. The maximum Gasteiger partial charge on any atom is 0.257 e. The van der Waals surface area contributed by atoms with Crippen LogP contribution in [0.5, 0.6) is 0 Å². The van der Waals surface area contributed by atoms with Gasteiger partial charge in [-0.25, -0.2) is 0 Å². The van der Waals surface area contributed by atoms with Gasteiger partial charge >= 0.3 is 0 Å². The molecule has 2 heterocycles. The number of para-hydroxylation sites is 2. The van der Waals surface area contributed by atoms with E-state index in [0.29, 0.717) is 22.9 Å². The molecule has 1 aliphatic heterocycles. The maximum atomic E-state index is 13.2. The van der Waals surface area contributed by atoms with Crippen LogP contribution in [0, 0.1) is 0 Å². The molecule has 5 rings (SSSR count). The smallest absolute Gasteiger partial charge is 0.257 e. The number of nitrogens with zero attached hydrogens (tertiary/aromatic N) is 1. The number of rotatable bonds is 5. The zero-order valence-electron chi connectivity index (χ0n) is 17.2. The van der Waals surface area contributed by atoms with Gasteiger partial charge in [0.2, 0.25) is 5.91 Å². The summed E-state index contributed by atoms with van der Waals surface area (Å²) in [5.41, 5.74) is 4.13. The predicted molar refractivity (Wildman–Crippen MR) is 130 cm³/mol. The third-order valence-electron chi connectivity index (χ3n) is 5.48. The minimum Gasteiger partial charge on any atom is -0.360 e. The van der Waals surface area contributed by atoms with Gasteiger partial charge in [-0.05, 0) is 42.5 Å². The fourth-order valence-corrected chi connectivity index (χ4v) is 4.97. The molecule has 3 N–H and O–H groups in total. The van der Waals surface area contributed by atoms with Crippen molar-refractivity contribution in [2.75, 3.05) is 22.3 Å². The molecule has 1 saturated heterocycles. The number of thioether (sulfide) groups is 1. The van der Waals surface area contributed by atoms with E-state index in [4.69, 9.17) is 0 Å². The van der Waals surface area contributed by atoms with Gasteiger partial charge in [0.05, 0.1) is 11.4 Å². The molecule has 32 heavy (non-hydrogen) atoms. The van der Waals surface area contributed by atoms with Crippen molar-refractivity contribution in [1.29, 1.82) is 0 Å². The standard InChI is InChI=1S/C25H22N4O2S/c30-24(28-19-12-10-18(11-13-19)27-17-6-2-1-3-7-17)23-15-32-16-29(23)25(31)21-14-26-22-9-5-4-8-20(21)22/h1-14,23,26-27H,15-16H2,(H,28,30). The van der Waals surface area contributed by atoms with Crippen molar-refractivity contribution in [2.45, 2.75) is 6.04 Å². The van der Waals surface area contributed by atoms with Gasteiger partial charge in [-0.1, -0.05) is 36.4 Å². The van der Waals surface area contributed by atoms with Crippen molar-refractivity contribution < 1.29 is 9.59 Å². The summed E-state index contributed by atoms with van der Waals surface area (Å²) in [7, 11) is 0. The SMILES string of the molecule is O=C(Nc1ccc(Nc2ccccc2)cc1)C1CSCN1C(=O)c1c[nH]c2ccccc12. The quantitative estimate of drug-likeness (QED) is 0.404. The summed E-state index contributed by atoms with van der Waals surface area (Å²) in [6, 6.07) is 24.6. The number of fused-ring (bicyclic) bond motifs is 1. The number of amides is 2. The molecule has 0 saturated carbocycles. The van der Waals surface area contributed by atoms with E-state index in [0.717, 1.165) is 22.3 Å². The molecule has 1 atom stereocenters. The number of aromatic amines is 1. The van der Waals surface area contributed by atoms with E-state index >= 15 is 0 Å². The lowest BCUT2D eigenvalue weighted by molar-refractivity contribution is -0.119. The van der Waals surface area contributed by atoms with E-state index < -0.39 is 6.04 Å². The lowest BCUT2D eigenvalue weighted by atomic mass is 10.1. The first-order valence-electron chi connectivity index (χ1n) is 10.4. The Morgan fingerprint density at radius 3 is 2.38 bits per heavy atom. The first kappa shape index (κ1) is 20.2. The Labute approximate surface area is 190 Å². The summed E-state index contributed by atoms with van der Waals surface area (Å²) in [5.74, 6) is 0.770. The normalized spacial score (nSPS) is 15.6. The van der Waals surface area contributed by atoms with Gasteiger partial charge in [-0.2, -0.15) is 0 Å². The summed E-state index contributed by atoms with van der Waals surface area (Å²) in [6.45, 7) is 0. The molecule has 3 aromatic carbocycles. The van der Waals surface area contributed by atoms with Crippen LogP contribution in [0.4, 0.5) is 17.1 Å². The summed E-state index contributed by atoms with van der Waals surface area (Å²) < 4.78 is 0. The average molecular weight is 443 g/mol. The van der Waals surface area contributed by atoms with Crippen LogP contribution in [0.1, 0.15) is 10.4 Å². The molecular weight excluding hydrogens is 420 g/mol. The van der Waals surface area contributed by atoms with Gasteiger partial charge in [0.1, 0.15) is 6.04 Å². The van der Waals surface area contributed by atoms with Crippen LogP contribution in [0.25, 0.3) is 10.9 Å². The fourth-order valence-electron chi connectivity index (χ4n) is 3.81. The molecule has 1 unspecified atom stereocenters. The summed E-state index contributed by atoms with van der Waals surface area (Å²) in [5, 5.41) is 7.15. The van der Waals surface area contributed by atoms with Crippen molar-refractivity contribution in [3.63, 3.8) is 0 Å². The molecule has 1 aliphatic rings. The number of hydrogen-bond acceptors (Lipinski definition) is 4. The molecule has 6 nitrogen and oxygen atoms in total. The molecule has 0 spiro atoms. The third kappa shape index (κ3) is 4.07. The second-order valence-electron chi connectivity index (χ2n) is 7.60. The van der Waals surface area contributed by atoms with Gasteiger partial charge in [0, 0.05) is 39.9 Å². The van der Waals surface area contributed by atoms with Crippen molar-refractivity contribution in [3.8, 4) is 0 Å². The van der Waals surface area contributed by atoms with E-state index in [-0.39, 0.29) is 11.8 Å². The number of nitrogens with one attached hydrogen (secondary N) is 3. The molecule has 1 fully saturated rings. The molecule has 0 aliphatic carbocycles. The zero-order chi connectivity index (χ0) is 21.9. The van der Waals surface area contributed by atoms with E-state index in [1.165, 1.54) is 0 Å².